The van der Waals surface area contributed by atoms with Gasteiger partial charge in [-0.1, -0.05) is 30.4 Å². The van der Waals surface area contributed by atoms with Crippen LogP contribution in [0, 0.1) is 0 Å². The van der Waals surface area contributed by atoms with Gasteiger partial charge in [0.2, 0.25) is 10.0 Å². The van der Waals surface area contributed by atoms with Crippen molar-refractivity contribution in [3.8, 4) is 0 Å². The molecular formula is C16H11F3N2O2S. The smallest absolute Gasteiger partial charge is 0.259 e. The van der Waals surface area contributed by atoms with Gasteiger partial charge in [0.15, 0.2) is 0 Å². The van der Waals surface area contributed by atoms with Gasteiger partial charge in [0.1, 0.15) is 5.25 Å². The third kappa shape index (κ3) is 2.25. The van der Waals surface area contributed by atoms with Crippen LogP contribution >= 0.6 is 0 Å². The predicted octanol–water partition coefficient (Wildman–Crippen LogP) is 2.81. The summed E-state index contributed by atoms with van der Waals surface area (Å²) >= 11 is 0. The van der Waals surface area contributed by atoms with Crippen LogP contribution in [0.5, 0.6) is 0 Å². The van der Waals surface area contributed by atoms with Crippen molar-refractivity contribution in [1.29, 1.82) is 0 Å². The van der Waals surface area contributed by atoms with Crippen LogP contribution in [0.2, 0.25) is 0 Å². The second-order valence-electron chi connectivity index (χ2n) is 5.69. The summed E-state index contributed by atoms with van der Waals surface area (Å²) in [6.07, 6.45) is 3.19. The predicted molar refractivity (Wildman–Crippen MR) is 82.2 cm³/mol. The third-order valence-electron chi connectivity index (χ3n) is 4.24. The molecule has 0 saturated heterocycles. The molecule has 0 bridgehead atoms. The van der Waals surface area contributed by atoms with Crippen LogP contribution in [-0.4, -0.2) is 24.8 Å². The van der Waals surface area contributed by atoms with Crippen molar-refractivity contribution in [2.24, 2.45) is 0 Å². The summed E-state index contributed by atoms with van der Waals surface area (Å²) in [6, 6.07) is 2.71. The molecule has 0 spiro atoms. The van der Waals surface area contributed by atoms with Crippen LogP contribution in [0.25, 0.3) is 6.08 Å². The van der Waals surface area contributed by atoms with E-state index in [-0.39, 0.29) is 5.57 Å². The van der Waals surface area contributed by atoms with Crippen molar-refractivity contribution in [2.45, 2.75) is 17.5 Å². The highest BCUT2D eigenvalue weighted by Gasteiger charge is 2.43. The average molecular weight is 352 g/mol. The topological polar surface area (TPSA) is 59.1 Å². The van der Waals surface area contributed by atoms with Crippen LogP contribution in [0.1, 0.15) is 17.3 Å². The normalized spacial score (nSPS) is 27.2. The molecule has 1 N–H and O–H groups in total. The zero-order valence-corrected chi connectivity index (χ0v) is 12.9. The van der Waals surface area contributed by atoms with E-state index >= 15 is 0 Å². The minimum absolute atomic E-state index is 0.140. The summed E-state index contributed by atoms with van der Waals surface area (Å²) in [4.78, 5) is 4.20. The Hall–Kier alpha value is -2.19. The van der Waals surface area contributed by atoms with Crippen molar-refractivity contribution < 1.29 is 21.6 Å². The lowest BCUT2D eigenvalue weighted by Gasteiger charge is -2.35. The Bertz CT molecular complexity index is 956. The van der Waals surface area contributed by atoms with Crippen LogP contribution in [0.3, 0.4) is 0 Å². The summed E-state index contributed by atoms with van der Waals surface area (Å²) < 4.78 is 66.6. The molecule has 0 aromatic carbocycles. The Morgan fingerprint density at radius 1 is 1.12 bits per heavy atom. The molecule has 8 heteroatoms. The van der Waals surface area contributed by atoms with Gasteiger partial charge in [-0.25, -0.2) is 13.1 Å². The zero-order valence-electron chi connectivity index (χ0n) is 12.1. The van der Waals surface area contributed by atoms with E-state index in [9.17, 15) is 21.6 Å². The summed E-state index contributed by atoms with van der Waals surface area (Å²) in [5, 5.41) is -1.13. The van der Waals surface area contributed by atoms with Gasteiger partial charge in [0.05, 0.1) is 17.3 Å². The Morgan fingerprint density at radius 3 is 2.67 bits per heavy atom. The summed E-state index contributed by atoms with van der Waals surface area (Å²) in [5.74, 6) is 0. The molecule has 2 unspecified atom stereocenters. The van der Waals surface area contributed by atoms with Crippen LogP contribution < -0.4 is 4.72 Å². The molecule has 0 saturated carbocycles. The highest BCUT2D eigenvalue weighted by atomic mass is 32.2. The van der Waals surface area contributed by atoms with Crippen molar-refractivity contribution in [2.75, 3.05) is 0 Å². The molecule has 1 aromatic heterocycles. The SMILES string of the molecule is O=S1(=O)NC2C(=C3C=C(C(F)(F)F)C=CC31)C=Cc1cccnc12. The number of hydrogen-bond acceptors (Lipinski definition) is 3. The number of halogens is 3. The quantitative estimate of drug-likeness (QED) is 0.781. The summed E-state index contributed by atoms with van der Waals surface area (Å²) in [6.45, 7) is 0. The van der Waals surface area contributed by atoms with Gasteiger partial charge in [-0.2, -0.15) is 13.2 Å². The van der Waals surface area contributed by atoms with Crippen molar-refractivity contribution in [3.05, 3.63) is 70.6 Å². The Kier molecular flexibility index (Phi) is 3.14. The van der Waals surface area contributed by atoms with E-state index in [4.69, 9.17) is 0 Å². The lowest BCUT2D eigenvalue weighted by Crippen LogP contribution is -2.44. The first-order valence-electron chi connectivity index (χ1n) is 7.13. The number of rotatable bonds is 0. The number of nitrogens with one attached hydrogen (secondary N) is 1. The molecule has 0 radical (unpaired) electrons. The lowest BCUT2D eigenvalue weighted by molar-refractivity contribution is -0.0883. The molecule has 1 aromatic rings. The van der Waals surface area contributed by atoms with Crippen molar-refractivity contribution >= 4 is 16.1 Å². The van der Waals surface area contributed by atoms with E-state index in [0.29, 0.717) is 11.3 Å². The van der Waals surface area contributed by atoms with Crippen molar-refractivity contribution in [3.63, 3.8) is 0 Å². The molecule has 24 heavy (non-hydrogen) atoms. The van der Waals surface area contributed by atoms with E-state index in [0.717, 1.165) is 23.8 Å². The fraction of sp³-hybridized carbons (Fsp3) is 0.188. The average Bonchev–Trinajstić information content (AvgIpc) is 2.53. The first-order valence-corrected chi connectivity index (χ1v) is 8.67. The van der Waals surface area contributed by atoms with Gasteiger partial charge in [-0.3, -0.25) is 4.98 Å². The molecule has 4 nitrogen and oxygen atoms in total. The minimum Gasteiger partial charge on any atom is -0.259 e. The number of alkyl halides is 3. The molecule has 124 valence electrons. The molecule has 2 aliphatic carbocycles. The molecule has 3 aliphatic rings. The lowest BCUT2D eigenvalue weighted by atomic mass is 9.86. The molecule has 0 amide bonds. The molecule has 2 atom stereocenters. The molecule has 1 aliphatic heterocycles. The first-order chi connectivity index (χ1) is 11.3. The van der Waals surface area contributed by atoms with E-state index in [1.54, 1.807) is 24.3 Å². The van der Waals surface area contributed by atoms with E-state index in [2.05, 4.69) is 9.71 Å². The molecule has 0 fully saturated rings. The number of aromatic nitrogens is 1. The standard InChI is InChI=1S/C16H11F3N2O2S/c17-16(18,19)10-4-6-13-12(8-10)11-5-3-9-2-1-7-20-14(9)15(11)21-24(13,22)23/h1-8,13,15,21H. The van der Waals surface area contributed by atoms with E-state index < -0.39 is 33.1 Å². The van der Waals surface area contributed by atoms with Crippen molar-refractivity contribution in [1.82, 2.24) is 9.71 Å². The van der Waals surface area contributed by atoms with Gasteiger partial charge in [-0.05, 0) is 28.9 Å². The summed E-state index contributed by atoms with van der Waals surface area (Å²) in [5.41, 5.74) is 0.992. The number of allylic oxidation sites excluding steroid dienone is 3. The van der Waals surface area contributed by atoms with E-state index in [1.807, 2.05) is 0 Å². The van der Waals surface area contributed by atoms with Crippen LogP contribution in [-0.2, 0) is 10.0 Å². The third-order valence-corrected chi connectivity index (χ3v) is 5.89. The highest BCUT2D eigenvalue weighted by molar-refractivity contribution is 7.90. The molecular weight excluding hydrogens is 341 g/mol. The van der Waals surface area contributed by atoms with Gasteiger partial charge >= 0.3 is 6.18 Å². The minimum atomic E-state index is -4.53. The van der Waals surface area contributed by atoms with Gasteiger partial charge < -0.3 is 0 Å². The number of pyridine rings is 1. The molecule has 2 heterocycles. The highest BCUT2D eigenvalue weighted by Crippen LogP contribution is 2.42. The first kappa shape index (κ1) is 15.3. The summed E-state index contributed by atoms with van der Waals surface area (Å²) in [7, 11) is -3.85. The maximum atomic E-state index is 13.0. The number of fused-ring (bicyclic) bond motifs is 4. The number of hydrogen-bond donors (Lipinski definition) is 1. The Labute approximate surface area is 136 Å². The van der Waals surface area contributed by atoms with Gasteiger partial charge in [-0.15, -0.1) is 0 Å². The van der Waals surface area contributed by atoms with Crippen LogP contribution in [0.4, 0.5) is 13.2 Å². The molecule has 4 rings (SSSR count). The monoisotopic (exact) mass is 352 g/mol. The second-order valence-corrected chi connectivity index (χ2v) is 7.53. The largest absolute Gasteiger partial charge is 0.416 e. The van der Waals surface area contributed by atoms with Crippen LogP contribution in [0.15, 0.2) is 59.4 Å². The van der Waals surface area contributed by atoms with Gasteiger partial charge in [0.25, 0.3) is 0 Å². The number of sulfonamides is 1. The Balaban J connectivity index is 1.96. The zero-order chi connectivity index (χ0) is 17.1. The Morgan fingerprint density at radius 2 is 1.92 bits per heavy atom. The maximum absolute atomic E-state index is 13.0. The van der Waals surface area contributed by atoms with Gasteiger partial charge in [0, 0.05) is 6.20 Å². The fourth-order valence-electron chi connectivity index (χ4n) is 3.14. The fourth-order valence-corrected chi connectivity index (χ4v) is 4.68. The van der Waals surface area contributed by atoms with E-state index in [1.165, 1.54) is 6.20 Å². The second kappa shape index (κ2) is 4.90. The number of nitrogens with zero attached hydrogens (tertiary/aromatic N) is 1. The maximum Gasteiger partial charge on any atom is 0.416 e.